The number of aromatic nitrogens is 4. The number of hydrogen-bond acceptors (Lipinski definition) is 3. The molecule has 0 fully saturated rings. The smallest absolute Gasteiger partial charge is 0.192 e. The molecule has 0 atom stereocenters. The number of allylic oxidation sites excluding steroid dienone is 1. The number of aryl methyl sites for hydroxylation is 1. The molecule has 0 saturated carbocycles. The van der Waals surface area contributed by atoms with Gasteiger partial charge in [-0.25, -0.2) is 0 Å². The predicted octanol–water partition coefficient (Wildman–Crippen LogP) is 2.88. The third kappa shape index (κ3) is 2.69. The summed E-state index contributed by atoms with van der Waals surface area (Å²) in [6.45, 7) is 0.727. The van der Waals surface area contributed by atoms with Gasteiger partial charge in [0.05, 0.1) is 24.5 Å². The van der Waals surface area contributed by atoms with E-state index in [2.05, 4.69) is 22.3 Å². The van der Waals surface area contributed by atoms with Crippen LogP contribution in [-0.2, 0) is 20.0 Å². The molecule has 0 N–H and O–H groups in total. The summed E-state index contributed by atoms with van der Waals surface area (Å²) in [6.07, 6.45) is 9.00. The number of carbonyl (C=O) groups excluding carboxylic acids is 1. The van der Waals surface area contributed by atoms with Gasteiger partial charge in [-0.3, -0.25) is 14.2 Å². The molecule has 4 rings (SSSR count). The second-order valence-corrected chi connectivity index (χ2v) is 6.08. The minimum absolute atomic E-state index is 0.0835. The van der Waals surface area contributed by atoms with E-state index >= 15 is 0 Å². The standard InChI is InChI=1S/C19H18N4O/c1-22-18-8-7-16(19(24)17(18)11-20-22)9-15-10-21-23(13-15)12-14-5-3-2-4-6-14/h2-6,9-11,13H,7-8,12H2,1H3. The number of fused-ring (bicyclic) bond motifs is 1. The van der Waals surface area contributed by atoms with Gasteiger partial charge in [0.25, 0.3) is 0 Å². The van der Waals surface area contributed by atoms with E-state index in [1.165, 1.54) is 5.56 Å². The van der Waals surface area contributed by atoms with Crippen molar-refractivity contribution in [2.45, 2.75) is 19.4 Å². The lowest BCUT2D eigenvalue weighted by Crippen LogP contribution is -2.14. The largest absolute Gasteiger partial charge is 0.289 e. The van der Waals surface area contributed by atoms with Crippen LogP contribution >= 0.6 is 0 Å². The summed E-state index contributed by atoms with van der Waals surface area (Å²) in [5.74, 6) is 0.0835. The first kappa shape index (κ1) is 14.6. The van der Waals surface area contributed by atoms with Crippen molar-refractivity contribution in [2.24, 2.45) is 7.05 Å². The van der Waals surface area contributed by atoms with Crippen LogP contribution in [0.5, 0.6) is 0 Å². The molecule has 0 radical (unpaired) electrons. The van der Waals surface area contributed by atoms with Crippen molar-refractivity contribution < 1.29 is 4.79 Å². The normalized spacial score (nSPS) is 15.7. The van der Waals surface area contributed by atoms with Crippen LogP contribution in [0.3, 0.4) is 0 Å². The number of benzene rings is 1. The maximum absolute atomic E-state index is 12.6. The molecule has 2 aromatic heterocycles. The molecule has 1 aromatic carbocycles. The third-order valence-corrected chi connectivity index (χ3v) is 4.41. The molecule has 3 aromatic rings. The average molecular weight is 318 g/mol. The van der Waals surface area contributed by atoms with Crippen molar-refractivity contribution in [2.75, 3.05) is 0 Å². The van der Waals surface area contributed by atoms with Crippen molar-refractivity contribution in [1.29, 1.82) is 0 Å². The van der Waals surface area contributed by atoms with E-state index < -0.39 is 0 Å². The molecular weight excluding hydrogens is 300 g/mol. The van der Waals surface area contributed by atoms with Crippen LogP contribution in [0.4, 0.5) is 0 Å². The number of hydrogen-bond donors (Lipinski definition) is 0. The highest BCUT2D eigenvalue weighted by Gasteiger charge is 2.24. The molecule has 120 valence electrons. The molecule has 0 aliphatic heterocycles. The summed E-state index contributed by atoms with van der Waals surface area (Å²) in [6, 6.07) is 10.2. The van der Waals surface area contributed by atoms with Gasteiger partial charge >= 0.3 is 0 Å². The van der Waals surface area contributed by atoms with E-state index in [1.807, 2.05) is 48.4 Å². The van der Waals surface area contributed by atoms with Crippen molar-refractivity contribution in [3.05, 3.63) is 76.9 Å². The van der Waals surface area contributed by atoms with Gasteiger partial charge in [-0.15, -0.1) is 0 Å². The molecule has 24 heavy (non-hydrogen) atoms. The molecule has 1 aliphatic carbocycles. The fourth-order valence-corrected chi connectivity index (χ4v) is 3.14. The Labute approximate surface area is 140 Å². The van der Waals surface area contributed by atoms with Crippen LogP contribution in [0.2, 0.25) is 0 Å². The van der Waals surface area contributed by atoms with Crippen molar-refractivity contribution in [1.82, 2.24) is 19.6 Å². The Balaban J connectivity index is 1.55. The quantitative estimate of drug-likeness (QED) is 0.698. The molecule has 2 heterocycles. The average Bonchev–Trinajstić information content (AvgIpc) is 3.18. The Bertz CT molecular complexity index is 918. The second-order valence-electron chi connectivity index (χ2n) is 6.08. The van der Waals surface area contributed by atoms with E-state index in [9.17, 15) is 4.79 Å². The van der Waals surface area contributed by atoms with Gasteiger partial charge < -0.3 is 0 Å². The maximum atomic E-state index is 12.6. The molecule has 1 aliphatic rings. The fourth-order valence-electron chi connectivity index (χ4n) is 3.14. The van der Waals surface area contributed by atoms with Crippen LogP contribution in [-0.4, -0.2) is 25.3 Å². The highest BCUT2D eigenvalue weighted by molar-refractivity contribution is 6.12. The first-order chi connectivity index (χ1) is 11.7. The van der Waals surface area contributed by atoms with Crippen LogP contribution in [0.15, 0.2) is 54.5 Å². The molecule has 0 saturated heterocycles. The zero-order valence-corrected chi connectivity index (χ0v) is 13.5. The number of rotatable bonds is 3. The molecule has 0 bridgehead atoms. The highest BCUT2D eigenvalue weighted by Crippen LogP contribution is 2.26. The lowest BCUT2D eigenvalue weighted by Gasteiger charge is -2.14. The van der Waals surface area contributed by atoms with Crippen LogP contribution in [0.1, 0.15) is 33.6 Å². The highest BCUT2D eigenvalue weighted by atomic mass is 16.1. The summed E-state index contributed by atoms with van der Waals surface area (Å²) in [4.78, 5) is 12.6. The van der Waals surface area contributed by atoms with Gasteiger partial charge in [0, 0.05) is 30.1 Å². The number of nitrogens with zero attached hydrogens (tertiary/aromatic N) is 4. The van der Waals surface area contributed by atoms with E-state index in [1.54, 1.807) is 10.9 Å². The van der Waals surface area contributed by atoms with E-state index in [4.69, 9.17) is 0 Å². The number of carbonyl (C=O) groups is 1. The summed E-state index contributed by atoms with van der Waals surface area (Å²) < 4.78 is 3.69. The van der Waals surface area contributed by atoms with Gasteiger partial charge in [0.1, 0.15) is 0 Å². The van der Waals surface area contributed by atoms with E-state index in [-0.39, 0.29) is 5.78 Å². The maximum Gasteiger partial charge on any atom is 0.192 e. The lowest BCUT2D eigenvalue weighted by molar-refractivity contribution is 0.102. The second kappa shape index (κ2) is 5.92. The molecule has 0 spiro atoms. The zero-order valence-electron chi connectivity index (χ0n) is 13.5. The zero-order chi connectivity index (χ0) is 16.5. The van der Waals surface area contributed by atoms with Crippen LogP contribution in [0, 0.1) is 0 Å². The van der Waals surface area contributed by atoms with Crippen molar-refractivity contribution in [3.63, 3.8) is 0 Å². The van der Waals surface area contributed by atoms with Gasteiger partial charge in [0.2, 0.25) is 0 Å². The summed E-state index contributed by atoms with van der Waals surface area (Å²) in [5, 5.41) is 8.59. The van der Waals surface area contributed by atoms with Gasteiger partial charge in [-0.05, 0) is 24.5 Å². The first-order valence-electron chi connectivity index (χ1n) is 8.03. The summed E-state index contributed by atoms with van der Waals surface area (Å²) in [7, 11) is 1.88. The molecule has 0 unspecified atom stereocenters. The Morgan fingerprint density at radius 1 is 1.12 bits per heavy atom. The van der Waals surface area contributed by atoms with Crippen LogP contribution < -0.4 is 0 Å². The van der Waals surface area contributed by atoms with Crippen molar-refractivity contribution in [3.8, 4) is 0 Å². The van der Waals surface area contributed by atoms with E-state index in [0.29, 0.717) is 0 Å². The SMILES string of the molecule is Cn1ncc2c1CCC(=Cc1cnn(Cc3ccccc3)c1)C2=O. The van der Waals surface area contributed by atoms with E-state index in [0.717, 1.165) is 41.8 Å². The Kier molecular flexibility index (Phi) is 3.61. The summed E-state index contributed by atoms with van der Waals surface area (Å²) in [5.41, 5.74) is 4.74. The number of ketones is 1. The van der Waals surface area contributed by atoms with Gasteiger partial charge in [-0.1, -0.05) is 30.3 Å². The monoisotopic (exact) mass is 318 g/mol. The third-order valence-electron chi connectivity index (χ3n) is 4.41. The minimum atomic E-state index is 0.0835. The topological polar surface area (TPSA) is 52.7 Å². The fraction of sp³-hybridized carbons (Fsp3) is 0.211. The molecule has 5 nitrogen and oxygen atoms in total. The lowest BCUT2D eigenvalue weighted by atomic mass is 9.90. The Hall–Kier alpha value is -2.95. The molecule has 0 amide bonds. The first-order valence-corrected chi connectivity index (χ1v) is 8.03. The Morgan fingerprint density at radius 2 is 1.96 bits per heavy atom. The number of Topliss-reactive ketones (excluding diaryl/α,β-unsaturated/α-hetero) is 1. The van der Waals surface area contributed by atoms with Crippen LogP contribution in [0.25, 0.3) is 6.08 Å². The molecular formula is C19H18N4O. The Morgan fingerprint density at radius 3 is 2.79 bits per heavy atom. The predicted molar refractivity (Wildman–Crippen MR) is 91.6 cm³/mol. The minimum Gasteiger partial charge on any atom is -0.289 e. The van der Waals surface area contributed by atoms with Gasteiger partial charge in [-0.2, -0.15) is 10.2 Å². The summed E-state index contributed by atoms with van der Waals surface area (Å²) >= 11 is 0. The van der Waals surface area contributed by atoms with Gasteiger partial charge in [0.15, 0.2) is 5.78 Å². The molecule has 5 heteroatoms. The van der Waals surface area contributed by atoms with Crippen molar-refractivity contribution >= 4 is 11.9 Å².